The fourth-order valence-electron chi connectivity index (χ4n) is 3.62. The molecule has 1 fully saturated rings. The van der Waals surface area contributed by atoms with Crippen molar-refractivity contribution in [3.8, 4) is 21.0 Å². The van der Waals surface area contributed by atoms with E-state index < -0.39 is 5.97 Å². The third-order valence-corrected chi connectivity index (χ3v) is 6.57. The molecule has 0 aliphatic carbocycles. The number of aryl methyl sites for hydroxylation is 1. The Morgan fingerprint density at radius 3 is 2.38 bits per heavy atom. The van der Waals surface area contributed by atoms with Gasteiger partial charge in [0, 0.05) is 31.4 Å². The standard InChI is InChI=1S/C24H26N2O2S/c1-2-3-4-17-5-9-19(10-6-17)22-13-25-23(29-22)20-11-7-18(8-12-20)14-26-15-21(16-26)24(27)28/h5-13,21H,2-4,14-16H2,1H3,(H,27,28). The Bertz CT molecular complexity index is 957. The smallest absolute Gasteiger partial charge is 0.309 e. The summed E-state index contributed by atoms with van der Waals surface area (Å²) in [6, 6.07) is 17.3. The summed E-state index contributed by atoms with van der Waals surface area (Å²) in [5.41, 5.74) is 4.94. The molecule has 0 atom stereocenters. The van der Waals surface area contributed by atoms with Gasteiger partial charge in [-0.1, -0.05) is 61.9 Å². The van der Waals surface area contributed by atoms with Gasteiger partial charge in [-0.05, 0) is 29.5 Å². The fraction of sp³-hybridized carbons (Fsp3) is 0.333. The van der Waals surface area contributed by atoms with Gasteiger partial charge in [0.2, 0.25) is 0 Å². The molecule has 2 aromatic carbocycles. The summed E-state index contributed by atoms with van der Waals surface area (Å²) in [5, 5.41) is 10.0. The van der Waals surface area contributed by atoms with Crippen LogP contribution in [0.25, 0.3) is 21.0 Å². The van der Waals surface area contributed by atoms with Gasteiger partial charge in [-0.3, -0.25) is 9.69 Å². The highest BCUT2D eigenvalue weighted by atomic mass is 32.1. The van der Waals surface area contributed by atoms with E-state index in [1.807, 2.05) is 6.20 Å². The zero-order valence-electron chi connectivity index (χ0n) is 16.7. The number of carboxylic acids is 1. The van der Waals surface area contributed by atoms with Gasteiger partial charge in [-0.15, -0.1) is 11.3 Å². The van der Waals surface area contributed by atoms with Crippen LogP contribution in [0.5, 0.6) is 0 Å². The van der Waals surface area contributed by atoms with Gasteiger partial charge in [0.15, 0.2) is 0 Å². The highest BCUT2D eigenvalue weighted by molar-refractivity contribution is 7.18. The molecular weight excluding hydrogens is 380 g/mol. The maximum Gasteiger partial charge on any atom is 0.309 e. The molecule has 2 heterocycles. The van der Waals surface area contributed by atoms with Crippen LogP contribution >= 0.6 is 11.3 Å². The summed E-state index contributed by atoms with van der Waals surface area (Å²) in [6.07, 6.45) is 5.56. The van der Waals surface area contributed by atoms with E-state index in [0.29, 0.717) is 13.1 Å². The predicted octanol–water partition coefficient (Wildman–Crippen LogP) is 5.34. The third-order valence-electron chi connectivity index (χ3n) is 5.48. The Balaban J connectivity index is 1.38. The minimum Gasteiger partial charge on any atom is -0.481 e. The van der Waals surface area contributed by atoms with Gasteiger partial charge < -0.3 is 5.11 Å². The van der Waals surface area contributed by atoms with Crippen LogP contribution in [0.3, 0.4) is 0 Å². The number of carbonyl (C=O) groups is 1. The Hall–Kier alpha value is -2.50. The van der Waals surface area contributed by atoms with Gasteiger partial charge in [0.05, 0.1) is 10.8 Å². The van der Waals surface area contributed by atoms with E-state index >= 15 is 0 Å². The van der Waals surface area contributed by atoms with Crippen molar-refractivity contribution < 1.29 is 9.90 Å². The van der Waals surface area contributed by atoms with Crippen molar-refractivity contribution in [2.24, 2.45) is 5.92 Å². The van der Waals surface area contributed by atoms with E-state index in [1.165, 1.54) is 34.4 Å². The molecule has 1 aliphatic heterocycles. The van der Waals surface area contributed by atoms with Crippen molar-refractivity contribution in [1.82, 2.24) is 9.88 Å². The number of aromatic nitrogens is 1. The van der Waals surface area contributed by atoms with Crippen molar-refractivity contribution in [1.29, 1.82) is 0 Å². The van der Waals surface area contributed by atoms with E-state index in [0.717, 1.165) is 23.5 Å². The minimum absolute atomic E-state index is 0.205. The Morgan fingerprint density at radius 2 is 1.72 bits per heavy atom. The molecule has 5 heteroatoms. The lowest BCUT2D eigenvalue weighted by molar-refractivity contribution is -0.147. The SMILES string of the molecule is CCCCc1ccc(-c2cnc(-c3ccc(CN4CC(C(=O)O)C4)cc3)s2)cc1. The van der Waals surface area contributed by atoms with Crippen LogP contribution in [-0.2, 0) is 17.8 Å². The zero-order valence-corrected chi connectivity index (χ0v) is 17.5. The van der Waals surface area contributed by atoms with Crippen molar-refractivity contribution in [2.45, 2.75) is 32.7 Å². The molecule has 1 aromatic heterocycles. The van der Waals surface area contributed by atoms with Crippen LogP contribution < -0.4 is 0 Å². The van der Waals surface area contributed by atoms with Gasteiger partial charge in [-0.25, -0.2) is 4.98 Å². The van der Waals surface area contributed by atoms with Crippen LogP contribution in [0, 0.1) is 5.92 Å². The summed E-state index contributed by atoms with van der Waals surface area (Å²) < 4.78 is 0. The normalized spacial score (nSPS) is 14.7. The molecule has 0 bridgehead atoms. The second-order valence-electron chi connectivity index (χ2n) is 7.76. The molecule has 150 valence electrons. The molecule has 1 N–H and O–H groups in total. The first-order valence-corrected chi connectivity index (χ1v) is 11.0. The number of hydrogen-bond donors (Lipinski definition) is 1. The lowest BCUT2D eigenvalue weighted by atomic mass is 9.99. The maximum atomic E-state index is 10.9. The number of thiazole rings is 1. The molecule has 4 rings (SSSR count). The number of rotatable bonds is 8. The molecule has 29 heavy (non-hydrogen) atoms. The van der Waals surface area contributed by atoms with Crippen molar-refractivity contribution in [3.05, 3.63) is 65.9 Å². The van der Waals surface area contributed by atoms with Crippen molar-refractivity contribution in [2.75, 3.05) is 13.1 Å². The molecular formula is C24H26N2O2S. The highest BCUT2D eigenvalue weighted by Gasteiger charge is 2.32. The van der Waals surface area contributed by atoms with Crippen LogP contribution in [0.1, 0.15) is 30.9 Å². The first kappa shape index (κ1) is 19.8. The Kier molecular flexibility index (Phi) is 6.07. The third kappa shape index (κ3) is 4.74. The van der Waals surface area contributed by atoms with Crippen molar-refractivity contribution >= 4 is 17.3 Å². The number of aliphatic carboxylic acids is 1. The van der Waals surface area contributed by atoms with Crippen LogP contribution in [0.4, 0.5) is 0 Å². The molecule has 3 aromatic rings. The van der Waals surface area contributed by atoms with Gasteiger partial charge in [-0.2, -0.15) is 0 Å². The van der Waals surface area contributed by atoms with Crippen molar-refractivity contribution in [3.63, 3.8) is 0 Å². The molecule has 0 saturated carbocycles. The summed E-state index contributed by atoms with van der Waals surface area (Å²) in [5.74, 6) is -0.893. The first-order valence-electron chi connectivity index (χ1n) is 10.2. The van der Waals surface area contributed by atoms with Crippen LogP contribution in [-0.4, -0.2) is 34.0 Å². The minimum atomic E-state index is -0.688. The number of unbranched alkanes of at least 4 members (excludes halogenated alkanes) is 1. The number of nitrogens with zero attached hydrogens (tertiary/aromatic N) is 2. The molecule has 0 unspecified atom stereocenters. The second kappa shape index (κ2) is 8.89. The first-order chi connectivity index (χ1) is 14.1. The fourth-order valence-corrected chi connectivity index (χ4v) is 4.55. The lowest BCUT2D eigenvalue weighted by Crippen LogP contribution is -2.49. The summed E-state index contributed by atoms with van der Waals surface area (Å²) >= 11 is 1.71. The van der Waals surface area contributed by atoms with E-state index in [2.05, 4.69) is 65.3 Å². The molecule has 4 nitrogen and oxygen atoms in total. The number of benzene rings is 2. The average molecular weight is 407 g/mol. The summed E-state index contributed by atoms with van der Waals surface area (Å²) in [7, 11) is 0. The largest absolute Gasteiger partial charge is 0.481 e. The predicted molar refractivity (Wildman–Crippen MR) is 118 cm³/mol. The number of carboxylic acid groups (broad SMARTS) is 1. The van der Waals surface area contributed by atoms with Gasteiger partial charge >= 0.3 is 5.97 Å². The average Bonchev–Trinajstić information content (AvgIpc) is 3.19. The highest BCUT2D eigenvalue weighted by Crippen LogP contribution is 2.32. The molecule has 0 spiro atoms. The van der Waals surface area contributed by atoms with Gasteiger partial charge in [0.25, 0.3) is 0 Å². The van der Waals surface area contributed by atoms with Crippen LogP contribution in [0.15, 0.2) is 54.7 Å². The van der Waals surface area contributed by atoms with Crippen LogP contribution in [0.2, 0.25) is 0 Å². The Labute approximate surface area is 175 Å². The number of hydrogen-bond acceptors (Lipinski definition) is 4. The zero-order chi connectivity index (χ0) is 20.2. The Morgan fingerprint density at radius 1 is 1.07 bits per heavy atom. The van der Waals surface area contributed by atoms with E-state index in [9.17, 15) is 4.79 Å². The monoisotopic (exact) mass is 406 g/mol. The summed E-state index contributed by atoms with van der Waals surface area (Å²) in [6.45, 7) is 4.31. The molecule has 0 amide bonds. The maximum absolute atomic E-state index is 10.9. The summed E-state index contributed by atoms with van der Waals surface area (Å²) in [4.78, 5) is 18.9. The van der Waals surface area contributed by atoms with E-state index in [-0.39, 0.29) is 5.92 Å². The quantitative estimate of drug-likeness (QED) is 0.549. The molecule has 1 saturated heterocycles. The van der Waals surface area contributed by atoms with Gasteiger partial charge in [0.1, 0.15) is 5.01 Å². The topological polar surface area (TPSA) is 53.4 Å². The lowest BCUT2D eigenvalue weighted by Gasteiger charge is -2.36. The van der Waals surface area contributed by atoms with E-state index in [4.69, 9.17) is 5.11 Å². The van der Waals surface area contributed by atoms with E-state index in [1.54, 1.807) is 11.3 Å². The second-order valence-corrected chi connectivity index (χ2v) is 8.79. The molecule has 0 radical (unpaired) electrons. The molecule has 1 aliphatic rings. The number of likely N-dealkylation sites (tertiary alicyclic amines) is 1.